The largest absolute Gasteiger partial charge is 0.481 e. The molecule has 0 amide bonds. The zero-order valence-corrected chi connectivity index (χ0v) is 11.5. The first-order valence-corrected chi connectivity index (χ1v) is 6.62. The molecule has 1 atom stereocenters. The predicted octanol–water partition coefficient (Wildman–Crippen LogP) is 1.38. The SMILES string of the molecule is Cc1nc(-c2cncn2C)nc2c1CC(C(=O)O)CC2. The molecule has 0 radical (unpaired) electrons. The Kier molecular flexibility index (Phi) is 3.00. The van der Waals surface area contributed by atoms with E-state index in [4.69, 9.17) is 5.11 Å². The quantitative estimate of drug-likeness (QED) is 0.893. The molecular weight excluding hydrogens is 256 g/mol. The lowest BCUT2D eigenvalue weighted by atomic mass is 9.86. The lowest BCUT2D eigenvalue weighted by molar-refractivity contribution is -0.142. The molecule has 1 N–H and O–H groups in total. The van der Waals surface area contributed by atoms with Crippen LogP contribution in [0.25, 0.3) is 11.5 Å². The number of carbonyl (C=O) groups is 1. The molecule has 0 bridgehead atoms. The summed E-state index contributed by atoms with van der Waals surface area (Å²) in [5.74, 6) is -0.381. The maximum Gasteiger partial charge on any atom is 0.306 e. The minimum atomic E-state index is -0.731. The van der Waals surface area contributed by atoms with E-state index < -0.39 is 5.97 Å². The van der Waals surface area contributed by atoms with E-state index in [1.54, 1.807) is 12.5 Å². The van der Waals surface area contributed by atoms with E-state index in [-0.39, 0.29) is 5.92 Å². The van der Waals surface area contributed by atoms with Crippen LogP contribution in [0, 0.1) is 12.8 Å². The Labute approximate surface area is 116 Å². The molecule has 0 aromatic carbocycles. The van der Waals surface area contributed by atoms with Gasteiger partial charge in [0.1, 0.15) is 5.69 Å². The van der Waals surface area contributed by atoms with Crippen LogP contribution >= 0.6 is 0 Å². The molecule has 6 heteroatoms. The highest BCUT2D eigenvalue weighted by Gasteiger charge is 2.27. The van der Waals surface area contributed by atoms with Gasteiger partial charge in [0.25, 0.3) is 0 Å². The highest BCUT2D eigenvalue weighted by Crippen LogP contribution is 2.28. The van der Waals surface area contributed by atoms with Crippen LogP contribution in [-0.4, -0.2) is 30.6 Å². The van der Waals surface area contributed by atoms with Gasteiger partial charge in [0, 0.05) is 18.4 Å². The van der Waals surface area contributed by atoms with Gasteiger partial charge >= 0.3 is 5.97 Å². The summed E-state index contributed by atoms with van der Waals surface area (Å²) in [5, 5.41) is 9.14. The summed E-state index contributed by atoms with van der Waals surface area (Å²) in [4.78, 5) is 24.3. The van der Waals surface area contributed by atoms with Crippen LogP contribution in [0.15, 0.2) is 12.5 Å². The van der Waals surface area contributed by atoms with E-state index in [0.29, 0.717) is 25.1 Å². The van der Waals surface area contributed by atoms with Gasteiger partial charge in [-0.15, -0.1) is 0 Å². The van der Waals surface area contributed by atoms with E-state index in [2.05, 4.69) is 15.0 Å². The summed E-state index contributed by atoms with van der Waals surface area (Å²) >= 11 is 0. The molecule has 3 rings (SSSR count). The maximum atomic E-state index is 11.1. The van der Waals surface area contributed by atoms with Gasteiger partial charge in [-0.1, -0.05) is 0 Å². The highest BCUT2D eigenvalue weighted by molar-refractivity contribution is 5.71. The first kappa shape index (κ1) is 12.8. The van der Waals surface area contributed by atoms with Crippen molar-refractivity contribution in [1.29, 1.82) is 0 Å². The third kappa shape index (κ3) is 2.07. The van der Waals surface area contributed by atoms with Gasteiger partial charge in [0.2, 0.25) is 0 Å². The minimum absolute atomic E-state index is 0.313. The maximum absolute atomic E-state index is 11.1. The fraction of sp³-hybridized carbons (Fsp3) is 0.429. The molecule has 0 saturated heterocycles. The third-order valence-electron chi connectivity index (χ3n) is 3.87. The number of carboxylic acids is 1. The number of hydrogen-bond donors (Lipinski definition) is 1. The number of imidazole rings is 1. The molecule has 0 aliphatic heterocycles. The molecule has 1 unspecified atom stereocenters. The van der Waals surface area contributed by atoms with Crippen molar-refractivity contribution in [3.05, 3.63) is 29.5 Å². The molecule has 1 aliphatic rings. The van der Waals surface area contributed by atoms with Crippen molar-refractivity contribution in [3.63, 3.8) is 0 Å². The molecule has 2 aromatic heterocycles. The van der Waals surface area contributed by atoms with Gasteiger partial charge in [-0.05, 0) is 31.7 Å². The zero-order valence-electron chi connectivity index (χ0n) is 11.5. The molecule has 0 saturated carbocycles. The number of aryl methyl sites for hydroxylation is 3. The summed E-state index contributed by atoms with van der Waals surface area (Å²) in [6, 6.07) is 0. The van der Waals surface area contributed by atoms with Crippen LogP contribution < -0.4 is 0 Å². The van der Waals surface area contributed by atoms with E-state index in [1.807, 2.05) is 18.5 Å². The Morgan fingerprint density at radius 1 is 1.45 bits per heavy atom. The number of nitrogens with zero attached hydrogens (tertiary/aromatic N) is 4. The Morgan fingerprint density at radius 2 is 2.25 bits per heavy atom. The van der Waals surface area contributed by atoms with E-state index in [0.717, 1.165) is 22.6 Å². The number of aromatic nitrogens is 4. The predicted molar refractivity (Wildman–Crippen MR) is 72.1 cm³/mol. The second-order valence-electron chi connectivity index (χ2n) is 5.23. The number of carboxylic acid groups (broad SMARTS) is 1. The lowest BCUT2D eigenvalue weighted by Crippen LogP contribution is -2.24. The molecule has 20 heavy (non-hydrogen) atoms. The summed E-state index contributed by atoms with van der Waals surface area (Å²) in [5.41, 5.74) is 3.72. The second-order valence-corrected chi connectivity index (χ2v) is 5.23. The molecule has 104 valence electrons. The number of hydrogen-bond acceptors (Lipinski definition) is 4. The Hall–Kier alpha value is -2.24. The van der Waals surface area contributed by atoms with Crippen LogP contribution in [0.4, 0.5) is 0 Å². The fourth-order valence-electron chi connectivity index (χ4n) is 2.69. The van der Waals surface area contributed by atoms with Crippen LogP contribution in [0.2, 0.25) is 0 Å². The summed E-state index contributed by atoms with van der Waals surface area (Å²) in [7, 11) is 1.90. The molecule has 0 fully saturated rings. The number of aliphatic carboxylic acids is 1. The van der Waals surface area contributed by atoms with Gasteiger partial charge in [0.15, 0.2) is 5.82 Å². The fourth-order valence-corrected chi connectivity index (χ4v) is 2.69. The minimum Gasteiger partial charge on any atom is -0.481 e. The Balaban J connectivity index is 2.03. The summed E-state index contributed by atoms with van der Waals surface area (Å²) in [6.45, 7) is 1.92. The van der Waals surface area contributed by atoms with Crippen LogP contribution in [-0.2, 0) is 24.7 Å². The highest BCUT2D eigenvalue weighted by atomic mass is 16.4. The monoisotopic (exact) mass is 272 g/mol. The normalized spacial score (nSPS) is 17.8. The van der Waals surface area contributed by atoms with Gasteiger partial charge in [0.05, 0.1) is 18.4 Å². The van der Waals surface area contributed by atoms with E-state index in [9.17, 15) is 4.79 Å². The third-order valence-corrected chi connectivity index (χ3v) is 3.87. The van der Waals surface area contributed by atoms with Crippen molar-refractivity contribution < 1.29 is 9.90 Å². The molecule has 6 nitrogen and oxygen atoms in total. The Bertz CT molecular complexity index is 678. The average Bonchev–Trinajstić information content (AvgIpc) is 2.84. The first-order chi connectivity index (χ1) is 9.56. The van der Waals surface area contributed by atoms with Crippen molar-refractivity contribution >= 4 is 5.97 Å². The summed E-state index contributed by atoms with van der Waals surface area (Å²) in [6.07, 6.45) is 5.32. The van der Waals surface area contributed by atoms with Crippen molar-refractivity contribution in [2.45, 2.75) is 26.2 Å². The van der Waals surface area contributed by atoms with Gasteiger partial charge < -0.3 is 9.67 Å². The van der Waals surface area contributed by atoms with Crippen molar-refractivity contribution in [2.75, 3.05) is 0 Å². The number of fused-ring (bicyclic) bond motifs is 1. The van der Waals surface area contributed by atoms with Crippen molar-refractivity contribution in [1.82, 2.24) is 19.5 Å². The molecule has 2 aromatic rings. The van der Waals surface area contributed by atoms with Gasteiger partial charge in [-0.2, -0.15) is 0 Å². The molecular formula is C14H16N4O2. The van der Waals surface area contributed by atoms with Crippen LogP contribution in [0.1, 0.15) is 23.4 Å². The summed E-state index contributed by atoms with van der Waals surface area (Å²) < 4.78 is 1.88. The zero-order chi connectivity index (χ0) is 14.3. The molecule has 2 heterocycles. The van der Waals surface area contributed by atoms with Gasteiger partial charge in [-0.3, -0.25) is 4.79 Å². The van der Waals surface area contributed by atoms with Gasteiger partial charge in [-0.25, -0.2) is 15.0 Å². The second kappa shape index (κ2) is 4.70. The van der Waals surface area contributed by atoms with Crippen LogP contribution in [0.3, 0.4) is 0 Å². The van der Waals surface area contributed by atoms with Crippen molar-refractivity contribution in [2.24, 2.45) is 13.0 Å². The van der Waals surface area contributed by atoms with Crippen LogP contribution in [0.5, 0.6) is 0 Å². The average molecular weight is 272 g/mol. The Morgan fingerprint density at radius 3 is 2.90 bits per heavy atom. The lowest BCUT2D eigenvalue weighted by Gasteiger charge is -2.22. The molecule has 1 aliphatic carbocycles. The number of rotatable bonds is 2. The molecule has 0 spiro atoms. The van der Waals surface area contributed by atoms with Crippen molar-refractivity contribution in [3.8, 4) is 11.5 Å². The van der Waals surface area contributed by atoms with E-state index in [1.165, 1.54) is 0 Å². The van der Waals surface area contributed by atoms with E-state index >= 15 is 0 Å². The topological polar surface area (TPSA) is 80.9 Å². The standard InChI is InChI=1S/C14H16N4O2/c1-8-10-5-9(14(19)20)3-4-11(10)17-13(16-8)12-6-15-7-18(12)2/h6-7,9H,3-5H2,1-2H3,(H,19,20). The smallest absolute Gasteiger partial charge is 0.306 e. The first-order valence-electron chi connectivity index (χ1n) is 6.62.